The second-order valence-electron chi connectivity index (χ2n) is 6.49. The van der Waals surface area contributed by atoms with Gasteiger partial charge in [0, 0.05) is 30.4 Å². The van der Waals surface area contributed by atoms with Crippen molar-refractivity contribution in [2.75, 3.05) is 13.1 Å². The van der Waals surface area contributed by atoms with E-state index < -0.39 is 0 Å². The van der Waals surface area contributed by atoms with Gasteiger partial charge in [0.15, 0.2) is 0 Å². The molecule has 2 aliphatic rings. The van der Waals surface area contributed by atoms with Gasteiger partial charge in [0.2, 0.25) is 0 Å². The molecule has 3 heteroatoms. The third-order valence-electron chi connectivity index (χ3n) is 4.72. The minimum atomic E-state index is 0.681. The normalized spacial score (nSPS) is 37.0. The summed E-state index contributed by atoms with van der Waals surface area (Å²) >= 11 is 0. The first-order valence-corrected chi connectivity index (χ1v) is 7.46. The number of hydrogen-bond acceptors (Lipinski definition) is 2. The number of nitrogens with zero attached hydrogens (tertiary/aromatic N) is 2. The molecule has 1 N–H and O–H groups in total. The Morgan fingerprint density at radius 3 is 2.67 bits per heavy atom. The highest BCUT2D eigenvalue weighted by molar-refractivity contribution is 5.11. The van der Waals surface area contributed by atoms with Crippen LogP contribution in [-0.2, 0) is 0 Å². The van der Waals surface area contributed by atoms with Crippen LogP contribution in [0, 0.1) is 11.8 Å². The maximum absolute atomic E-state index is 4.43. The van der Waals surface area contributed by atoms with Crippen molar-refractivity contribution >= 4 is 0 Å². The molecule has 1 aliphatic carbocycles. The Morgan fingerprint density at radius 2 is 2.00 bits per heavy atom. The van der Waals surface area contributed by atoms with Crippen LogP contribution in [0.5, 0.6) is 0 Å². The molecule has 0 aromatic carbocycles. The Balaban J connectivity index is 1.81. The fourth-order valence-electron chi connectivity index (χ4n) is 3.97. The summed E-state index contributed by atoms with van der Waals surface area (Å²) < 4.78 is 2.49. The zero-order valence-electron chi connectivity index (χ0n) is 11.6. The molecule has 3 rings (SSSR count). The Morgan fingerprint density at radius 1 is 1.22 bits per heavy atom. The zero-order chi connectivity index (χ0) is 12.5. The van der Waals surface area contributed by atoms with E-state index >= 15 is 0 Å². The molecule has 1 saturated carbocycles. The van der Waals surface area contributed by atoms with E-state index in [1.807, 2.05) is 0 Å². The monoisotopic (exact) mass is 247 g/mol. The molecule has 0 radical (unpaired) electrons. The molecule has 3 nitrogen and oxygen atoms in total. The molecule has 1 aliphatic heterocycles. The van der Waals surface area contributed by atoms with Gasteiger partial charge in [-0.1, -0.05) is 13.8 Å². The second kappa shape index (κ2) is 5.04. The maximum atomic E-state index is 4.43. The summed E-state index contributed by atoms with van der Waals surface area (Å²) in [4.78, 5) is 4.43. The van der Waals surface area contributed by atoms with Gasteiger partial charge < -0.3 is 9.88 Å². The third-order valence-corrected chi connectivity index (χ3v) is 4.72. The fourth-order valence-corrected chi connectivity index (χ4v) is 3.97. The van der Waals surface area contributed by atoms with Crippen molar-refractivity contribution in [1.29, 1.82) is 0 Å². The van der Waals surface area contributed by atoms with E-state index in [9.17, 15) is 0 Å². The van der Waals surface area contributed by atoms with Gasteiger partial charge in [-0.3, -0.25) is 0 Å². The van der Waals surface area contributed by atoms with Gasteiger partial charge in [-0.15, -0.1) is 0 Å². The smallest absolute Gasteiger partial charge is 0.0950 e. The highest BCUT2D eigenvalue weighted by atomic mass is 15.1. The first-order chi connectivity index (χ1) is 8.74. The molecule has 100 valence electrons. The minimum Gasteiger partial charge on any atom is -0.331 e. The van der Waals surface area contributed by atoms with Crippen LogP contribution in [0.4, 0.5) is 0 Å². The average molecular weight is 247 g/mol. The summed E-state index contributed by atoms with van der Waals surface area (Å²) in [5, 5.41) is 3.47. The molecule has 3 atom stereocenters. The van der Waals surface area contributed by atoms with E-state index in [0.717, 1.165) is 24.9 Å². The Kier molecular flexibility index (Phi) is 3.42. The van der Waals surface area contributed by atoms with Crippen LogP contribution in [-0.4, -0.2) is 22.6 Å². The van der Waals surface area contributed by atoms with E-state index in [1.165, 1.54) is 31.4 Å². The number of aromatic nitrogens is 2. The van der Waals surface area contributed by atoms with Crippen molar-refractivity contribution in [3.8, 4) is 0 Å². The Labute approximate surface area is 110 Å². The molecule has 1 saturated heterocycles. The summed E-state index contributed by atoms with van der Waals surface area (Å²) in [6.45, 7) is 7.09. The fraction of sp³-hybridized carbons (Fsp3) is 0.800. The van der Waals surface area contributed by atoms with Crippen molar-refractivity contribution in [2.45, 2.75) is 51.5 Å². The summed E-state index contributed by atoms with van der Waals surface area (Å²) in [5.41, 5.74) is 1.46. The summed E-state index contributed by atoms with van der Waals surface area (Å²) in [7, 11) is 0. The van der Waals surface area contributed by atoms with Crippen LogP contribution in [0.2, 0.25) is 0 Å². The molecule has 0 bridgehead atoms. The van der Waals surface area contributed by atoms with E-state index in [0.29, 0.717) is 12.0 Å². The number of rotatable bonds is 2. The molecule has 2 heterocycles. The van der Waals surface area contributed by atoms with Crippen molar-refractivity contribution in [3.63, 3.8) is 0 Å². The van der Waals surface area contributed by atoms with E-state index in [4.69, 9.17) is 0 Å². The second-order valence-corrected chi connectivity index (χ2v) is 6.49. The third kappa shape index (κ3) is 2.33. The lowest BCUT2D eigenvalue weighted by Crippen LogP contribution is -2.24. The van der Waals surface area contributed by atoms with Gasteiger partial charge in [-0.25, -0.2) is 4.98 Å². The van der Waals surface area contributed by atoms with Crippen LogP contribution in [0.25, 0.3) is 0 Å². The van der Waals surface area contributed by atoms with Gasteiger partial charge in [0.25, 0.3) is 0 Å². The van der Waals surface area contributed by atoms with Gasteiger partial charge in [0.1, 0.15) is 0 Å². The molecule has 0 amide bonds. The molecule has 0 spiro atoms. The van der Waals surface area contributed by atoms with Crippen LogP contribution in [0.15, 0.2) is 12.5 Å². The lowest BCUT2D eigenvalue weighted by molar-refractivity contribution is 0.217. The van der Waals surface area contributed by atoms with Crippen LogP contribution in [0.1, 0.15) is 57.2 Å². The SMILES string of the molecule is CC1CC(C)CC(n2cncc2C2CCNC2)C1. The van der Waals surface area contributed by atoms with Gasteiger partial charge in [-0.2, -0.15) is 0 Å². The first-order valence-electron chi connectivity index (χ1n) is 7.46. The van der Waals surface area contributed by atoms with Gasteiger partial charge in [0.05, 0.1) is 6.33 Å². The highest BCUT2D eigenvalue weighted by Gasteiger charge is 2.28. The van der Waals surface area contributed by atoms with Crippen molar-refractivity contribution in [2.24, 2.45) is 11.8 Å². The lowest BCUT2D eigenvalue weighted by atomic mass is 9.80. The predicted molar refractivity (Wildman–Crippen MR) is 73.7 cm³/mol. The molecule has 1 aromatic heterocycles. The molecular formula is C15H25N3. The van der Waals surface area contributed by atoms with E-state index in [1.54, 1.807) is 0 Å². The van der Waals surface area contributed by atoms with Crippen LogP contribution in [0.3, 0.4) is 0 Å². The van der Waals surface area contributed by atoms with E-state index in [-0.39, 0.29) is 0 Å². The molecule has 18 heavy (non-hydrogen) atoms. The number of hydrogen-bond donors (Lipinski definition) is 1. The minimum absolute atomic E-state index is 0.681. The average Bonchev–Trinajstić information content (AvgIpc) is 2.98. The first kappa shape index (κ1) is 12.2. The lowest BCUT2D eigenvalue weighted by Gasteiger charge is -2.33. The standard InChI is InChI=1S/C15H25N3/c1-11-5-12(2)7-14(6-11)18-10-17-9-15(18)13-3-4-16-8-13/h9-14,16H,3-8H2,1-2H3. The van der Waals surface area contributed by atoms with Gasteiger partial charge in [-0.05, 0) is 44.1 Å². The van der Waals surface area contributed by atoms with Crippen molar-refractivity contribution in [3.05, 3.63) is 18.2 Å². The van der Waals surface area contributed by atoms with Gasteiger partial charge >= 0.3 is 0 Å². The van der Waals surface area contributed by atoms with Crippen LogP contribution >= 0.6 is 0 Å². The largest absolute Gasteiger partial charge is 0.331 e. The highest BCUT2D eigenvalue weighted by Crippen LogP contribution is 2.37. The summed E-state index contributed by atoms with van der Waals surface area (Å²) in [5.74, 6) is 2.39. The predicted octanol–water partition coefficient (Wildman–Crippen LogP) is 2.96. The number of imidazole rings is 1. The Hall–Kier alpha value is -0.830. The number of nitrogens with one attached hydrogen (secondary N) is 1. The van der Waals surface area contributed by atoms with Crippen molar-refractivity contribution < 1.29 is 0 Å². The Bertz CT molecular complexity index is 382. The van der Waals surface area contributed by atoms with Crippen LogP contribution < -0.4 is 5.32 Å². The molecule has 2 fully saturated rings. The summed E-state index contributed by atoms with van der Waals surface area (Å²) in [6.07, 6.45) is 9.49. The van der Waals surface area contributed by atoms with E-state index in [2.05, 4.69) is 41.2 Å². The van der Waals surface area contributed by atoms with Crippen molar-refractivity contribution in [1.82, 2.24) is 14.9 Å². The molecular weight excluding hydrogens is 222 g/mol. The zero-order valence-corrected chi connectivity index (χ0v) is 11.6. The summed E-state index contributed by atoms with van der Waals surface area (Å²) in [6, 6.07) is 0.682. The quantitative estimate of drug-likeness (QED) is 0.870. The maximum Gasteiger partial charge on any atom is 0.0950 e. The molecule has 1 aromatic rings. The topological polar surface area (TPSA) is 29.9 Å². The molecule has 3 unspecified atom stereocenters.